The van der Waals surface area contributed by atoms with Gasteiger partial charge in [-0.1, -0.05) is 25.6 Å². The summed E-state index contributed by atoms with van der Waals surface area (Å²) in [6.45, 7) is 6.42. The van der Waals surface area contributed by atoms with Gasteiger partial charge in [0, 0.05) is 31.3 Å². The molecule has 2 aromatic heterocycles. The minimum absolute atomic E-state index is 0.0259. The molecule has 0 bridgehead atoms. The molecule has 28 heavy (non-hydrogen) atoms. The van der Waals surface area contributed by atoms with Gasteiger partial charge in [0.25, 0.3) is 5.56 Å². The molecule has 0 unspecified atom stereocenters. The summed E-state index contributed by atoms with van der Waals surface area (Å²) in [5.74, 6) is -0.131. The number of ether oxygens (including phenoxy) is 1. The number of hydrogen-bond donors (Lipinski definition) is 2. The number of nitrogens with two attached hydrogens (primary N) is 1. The molecule has 154 valence electrons. The molecule has 11 heteroatoms. The van der Waals surface area contributed by atoms with Crippen molar-refractivity contribution in [2.24, 2.45) is 5.92 Å². The lowest BCUT2D eigenvalue weighted by Gasteiger charge is -2.24. The molecule has 9 nitrogen and oxygen atoms in total. The van der Waals surface area contributed by atoms with Crippen LogP contribution in [0.4, 0.5) is 11.5 Å². The van der Waals surface area contributed by atoms with Crippen molar-refractivity contribution < 1.29 is 9.53 Å². The first-order chi connectivity index (χ1) is 13.2. The number of anilines is 2. The molecule has 0 radical (unpaired) electrons. The first-order valence-corrected chi connectivity index (χ1v) is 10.6. The molecule has 0 aliphatic rings. The molecule has 0 fully saturated rings. The number of carbonyl (C=O) groups excluding carboxylic acids is 1. The Morgan fingerprint density at radius 3 is 2.75 bits per heavy atom. The van der Waals surface area contributed by atoms with E-state index < -0.39 is 11.2 Å². The molecule has 0 aliphatic heterocycles. The molecular formula is C17H25N5O4S2. The summed E-state index contributed by atoms with van der Waals surface area (Å²) >= 11 is 2.74. The zero-order chi connectivity index (χ0) is 20.8. The van der Waals surface area contributed by atoms with E-state index in [0.29, 0.717) is 6.54 Å². The van der Waals surface area contributed by atoms with E-state index in [2.05, 4.69) is 9.97 Å². The van der Waals surface area contributed by atoms with Gasteiger partial charge in [0.05, 0.1) is 12.4 Å². The van der Waals surface area contributed by atoms with Crippen molar-refractivity contribution >= 4 is 40.5 Å². The first-order valence-electron chi connectivity index (χ1n) is 8.71. The molecular weight excluding hydrogens is 402 g/mol. The van der Waals surface area contributed by atoms with Crippen molar-refractivity contribution in [2.75, 3.05) is 36.6 Å². The van der Waals surface area contributed by atoms with Gasteiger partial charge in [0.2, 0.25) is 5.91 Å². The largest absolute Gasteiger partial charge is 0.383 e. The summed E-state index contributed by atoms with van der Waals surface area (Å²) < 4.78 is 7.13. The minimum Gasteiger partial charge on any atom is -0.383 e. The van der Waals surface area contributed by atoms with Gasteiger partial charge < -0.3 is 15.4 Å². The van der Waals surface area contributed by atoms with E-state index in [1.165, 1.54) is 39.7 Å². The van der Waals surface area contributed by atoms with Crippen LogP contribution in [0.15, 0.2) is 19.3 Å². The van der Waals surface area contributed by atoms with Crippen LogP contribution in [0.1, 0.15) is 19.5 Å². The van der Waals surface area contributed by atoms with Gasteiger partial charge in [0.15, 0.2) is 10.0 Å². The Morgan fingerprint density at radius 1 is 1.46 bits per heavy atom. The predicted octanol–water partition coefficient (Wildman–Crippen LogP) is 1.31. The fraction of sp³-hybridized carbons (Fsp3) is 0.529. The summed E-state index contributed by atoms with van der Waals surface area (Å²) in [6, 6.07) is 0. The lowest BCUT2D eigenvalue weighted by Crippen LogP contribution is -2.43. The summed E-state index contributed by atoms with van der Waals surface area (Å²) in [4.78, 5) is 45.4. The molecule has 2 rings (SSSR count). The fourth-order valence-electron chi connectivity index (χ4n) is 2.53. The molecule has 2 aromatic rings. The second-order valence-corrected chi connectivity index (χ2v) is 8.66. The number of thiazole rings is 1. The third-order valence-electron chi connectivity index (χ3n) is 3.77. The lowest BCUT2D eigenvalue weighted by atomic mass is 10.2. The van der Waals surface area contributed by atoms with E-state index in [0.717, 1.165) is 10.0 Å². The maximum atomic E-state index is 12.9. The number of nitrogen functional groups attached to an aromatic ring is 1. The van der Waals surface area contributed by atoms with Crippen LogP contribution in [-0.2, 0) is 16.1 Å². The van der Waals surface area contributed by atoms with Crippen LogP contribution in [0.2, 0.25) is 0 Å². The number of amides is 1. The van der Waals surface area contributed by atoms with Gasteiger partial charge in [-0.25, -0.2) is 9.78 Å². The number of nitrogens with zero attached hydrogens (tertiary/aromatic N) is 3. The van der Waals surface area contributed by atoms with Gasteiger partial charge >= 0.3 is 5.69 Å². The standard InChI is InChI=1S/C17H25N5O4S2/c1-10(2)7-22-14(18)13(15(24)20-16(22)25)21(5-6-26-4)12(23)9-28-17-19-11(3)8-27-17/h8,10H,5-7,9,18H2,1-4H3,(H,20,24,25). The van der Waals surface area contributed by atoms with Crippen molar-refractivity contribution in [3.8, 4) is 0 Å². The van der Waals surface area contributed by atoms with Crippen LogP contribution in [0.3, 0.4) is 0 Å². The van der Waals surface area contributed by atoms with Crippen LogP contribution in [0.5, 0.6) is 0 Å². The maximum Gasteiger partial charge on any atom is 0.330 e. The molecule has 0 aliphatic carbocycles. The Hall–Kier alpha value is -2.11. The molecule has 1 amide bonds. The van der Waals surface area contributed by atoms with E-state index in [9.17, 15) is 14.4 Å². The van der Waals surface area contributed by atoms with Crippen LogP contribution in [0.25, 0.3) is 0 Å². The first kappa shape index (κ1) is 22.2. The average molecular weight is 428 g/mol. The van der Waals surface area contributed by atoms with Crippen LogP contribution in [0, 0.1) is 12.8 Å². The summed E-state index contributed by atoms with van der Waals surface area (Å²) in [5.41, 5.74) is 5.72. The number of methoxy groups -OCH3 is 1. The molecule has 0 saturated heterocycles. The third kappa shape index (κ3) is 5.46. The van der Waals surface area contributed by atoms with Crippen molar-refractivity contribution in [3.05, 3.63) is 31.9 Å². The van der Waals surface area contributed by atoms with Crippen LogP contribution >= 0.6 is 23.1 Å². The van der Waals surface area contributed by atoms with Crippen LogP contribution in [-0.4, -0.2) is 46.5 Å². The van der Waals surface area contributed by atoms with Crippen molar-refractivity contribution in [1.29, 1.82) is 0 Å². The highest BCUT2D eigenvalue weighted by molar-refractivity contribution is 8.01. The monoisotopic (exact) mass is 427 g/mol. The smallest absolute Gasteiger partial charge is 0.330 e. The van der Waals surface area contributed by atoms with Gasteiger partial charge in [-0.15, -0.1) is 11.3 Å². The second kappa shape index (κ2) is 9.89. The van der Waals surface area contributed by atoms with Gasteiger partial charge in [-0.05, 0) is 12.8 Å². The normalized spacial score (nSPS) is 11.2. The Morgan fingerprint density at radius 2 is 2.18 bits per heavy atom. The summed E-state index contributed by atoms with van der Waals surface area (Å²) in [6.07, 6.45) is 0. The molecule has 3 N–H and O–H groups in total. The minimum atomic E-state index is -0.693. The van der Waals surface area contributed by atoms with E-state index >= 15 is 0 Å². The quantitative estimate of drug-likeness (QED) is 0.578. The van der Waals surface area contributed by atoms with E-state index in [-0.39, 0.29) is 42.2 Å². The Kier molecular flexibility index (Phi) is 7.84. The molecule has 0 atom stereocenters. The topological polar surface area (TPSA) is 123 Å². The molecule has 0 saturated carbocycles. The number of nitrogens with one attached hydrogen (secondary N) is 1. The van der Waals surface area contributed by atoms with Crippen molar-refractivity contribution in [1.82, 2.24) is 14.5 Å². The number of hydrogen-bond acceptors (Lipinski definition) is 8. The second-order valence-electron chi connectivity index (χ2n) is 6.58. The van der Waals surface area contributed by atoms with Gasteiger partial charge in [-0.3, -0.25) is 19.1 Å². The predicted molar refractivity (Wildman–Crippen MR) is 112 cm³/mol. The van der Waals surface area contributed by atoms with Crippen LogP contribution < -0.4 is 21.9 Å². The SMILES string of the molecule is COCCN(C(=O)CSc1nc(C)cs1)c1c(N)n(CC(C)C)c(=O)[nH]c1=O. The fourth-order valence-corrected chi connectivity index (χ4v) is 4.25. The highest BCUT2D eigenvalue weighted by atomic mass is 32.2. The molecule has 0 aromatic carbocycles. The lowest BCUT2D eigenvalue weighted by molar-refractivity contribution is -0.116. The number of H-pyrrole nitrogens is 1. The van der Waals surface area contributed by atoms with Gasteiger partial charge in [0.1, 0.15) is 5.82 Å². The number of aromatic nitrogens is 3. The van der Waals surface area contributed by atoms with E-state index in [1.807, 2.05) is 26.2 Å². The van der Waals surface area contributed by atoms with E-state index in [4.69, 9.17) is 10.5 Å². The third-order valence-corrected chi connectivity index (χ3v) is 5.89. The zero-order valence-electron chi connectivity index (χ0n) is 16.4. The Balaban J connectivity index is 2.37. The average Bonchev–Trinajstić information content (AvgIpc) is 3.04. The maximum absolute atomic E-state index is 12.9. The van der Waals surface area contributed by atoms with Crippen molar-refractivity contribution in [3.63, 3.8) is 0 Å². The Bertz CT molecular complexity index is 934. The highest BCUT2D eigenvalue weighted by Gasteiger charge is 2.24. The number of carbonyl (C=O) groups is 1. The summed E-state index contributed by atoms with van der Waals surface area (Å²) in [7, 11) is 1.50. The highest BCUT2D eigenvalue weighted by Crippen LogP contribution is 2.24. The van der Waals surface area contributed by atoms with Gasteiger partial charge in [-0.2, -0.15) is 0 Å². The molecule has 0 spiro atoms. The van der Waals surface area contributed by atoms with Crippen molar-refractivity contribution in [2.45, 2.75) is 31.7 Å². The zero-order valence-corrected chi connectivity index (χ0v) is 18.0. The summed E-state index contributed by atoms with van der Waals surface area (Å²) in [5, 5.41) is 1.90. The number of aromatic amines is 1. The number of thioether (sulfide) groups is 1. The van der Waals surface area contributed by atoms with E-state index in [1.54, 1.807) is 0 Å². The number of aryl methyl sites for hydroxylation is 1. The molecule has 2 heterocycles. The number of rotatable bonds is 9. The Labute approximate surface area is 170 Å².